The zero-order valence-electron chi connectivity index (χ0n) is 34.5. The maximum Gasteiger partial charge on any atom is 0.0715 e. The quantitative estimate of drug-likeness (QED) is 0.148. The highest BCUT2D eigenvalue weighted by Gasteiger charge is 2.48. The number of fused-ring (bicyclic) bond motifs is 5. The molecule has 0 radical (unpaired) electrons. The number of hydrogen-bond donors (Lipinski definition) is 1. The van der Waals surface area contributed by atoms with Crippen LogP contribution in [0.2, 0.25) is 0 Å². The van der Waals surface area contributed by atoms with E-state index >= 15 is 0 Å². The van der Waals surface area contributed by atoms with Crippen LogP contribution in [0.4, 0.5) is 34.1 Å². The SMILES string of the molecule is Cc1ccc(N(c2ccc(C)cc2)c2ccc3c(c2)C(c2ccc4c(c2)CC4)(c2ccc4c(c2)CC4)c2cc(N(c4ccc(C)cc4)c4ccc(C=N)cc4)ccc2-3)cc1. The van der Waals surface area contributed by atoms with Gasteiger partial charge in [0.15, 0.2) is 0 Å². The fraction of sp³-hybridized carbons (Fsp3) is 0.140. The average molecular weight is 774 g/mol. The van der Waals surface area contributed by atoms with Crippen LogP contribution >= 0.6 is 0 Å². The Hall–Kier alpha value is -6.97. The van der Waals surface area contributed by atoms with Gasteiger partial charge in [-0.3, -0.25) is 0 Å². The van der Waals surface area contributed by atoms with Crippen molar-refractivity contribution in [2.24, 2.45) is 0 Å². The summed E-state index contributed by atoms with van der Waals surface area (Å²) in [6.07, 6.45) is 5.94. The van der Waals surface area contributed by atoms with Gasteiger partial charge < -0.3 is 15.2 Å². The maximum atomic E-state index is 7.91. The summed E-state index contributed by atoms with van der Waals surface area (Å²) in [6, 6.07) is 64.1. The molecular formula is C57H47N3. The molecule has 0 amide bonds. The molecule has 3 aliphatic carbocycles. The third-order valence-corrected chi connectivity index (χ3v) is 13.4. The molecule has 0 atom stereocenters. The molecule has 1 N–H and O–H groups in total. The second-order valence-corrected chi connectivity index (χ2v) is 17.1. The van der Waals surface area contributed by atoms with Crippen LogP contribution in [0, 0.1) is 26.2 Å². The zero-order chi connectivity index (χ0) is 40.5. The summed E-state index contributed by atoms with van der Waals surface area (Å²) in [7, 11) is 0. The molecule has 3 nitrogen and oxygen atoms in total. The van der Waals surface area contributed by atoms with Crippen LogP contribution in [0.3, 0.4) is 0 Å². The second kappa shape index (κ2) is 14.1. The van der Waals surface area contributed by atoms with Crippen LogP contribution in [-0.2, 0) is 31.1 Å². The smallest absolute Gasteiger partial charge is 0.0715 e. The van der Waals surface area contributed by atoms with Gasteiger partial charge in [0.05, 0.1) is 5.41 Å². The second-order valence-electron chi connectivity index (χ2n) is 17.1. The van der Waals surface area contributed by atoms with Gasteiger partial charge in [-0.1, -0.05) is 114 Å². The van der Waals surface area contributed by atoms with Gasteiger partial charge in [-0.25, -0.2) is 0 Å². The summed E-state index contributed by atoms with van der Waals surface area (Å²) in [4.78, 5) is 4.79. The van der Waals surface area contributed by atoms with E-state index in [-0.39, 0.29) is 0 Å². The molecule has 11 rings (SSSR count). The summed E-state index contributed by atoms with van der Waals surface area (Å²) in [5, 5.41) is 7.91. The Kier molecular flexibility index (Phi) is 8.49. The topological polar surface area (TPSA) is 30.3 Å². The molecule has 60 heavy (non-hydrogen) atoms. The Morgan fingerprint density at radius 2 is 0.733 bits per heavy atom. The minimum Gasteiger partial charge on any atom is -0.310 e. The van der Waals surface area contributed by atoms with Crippen molar-refractivity contribution < 1.29 is 0 Å². The molecule has 0 aromatic heterocycles. The molecule has 0 heterocycles. The minimum atomic E-state index is -0.582. The zero-order valence-corrected chi connectivity index (χ0v) is 34.5. The lowest BCUT2D eigenvalue weighted by Crippen LogP contribution is -2.31. The molecule has 3 heteroatoms. The molecule has 0 bridgehead atoms. The van der Waals surface area contributed by atoms with Gasteiger partial charge in [-0.15, -0.1) is 0 Å². The number of benzene rings is 8. The number of nitrogens with zero attached hydrogens (tertiary/aromatic N) is 2. The summed E-state index contributed by atoms with van der Waals surface area (Å²) >= 11 is 0. The van der Waals surface area contributed by atoms with Crippen molar-refractivity contribution in [1.29, 1.82) is 5.41 Å². The van der Waals surface area contributed by atoms with Crippen molar-refractivity contribution in [3.8, 4) is 11.1 Å². The van der Waals surface area contributed by atoms with Crippen molar-refractivity contribution in [2.45, 2.75) is 51.9 Å². The number of nitrogens with one attached hydrogen (secondary N) is 1. The van der Waals surface area contributed by atoms with Gasteiger partial charge in [0.1, 0.15) is 0 Å². The van der Waals surface area contributed by atoms with Crippen molar-refractivity contribution in [2.75, 3.05) is 9.80 Å². The molecule has 8 aromatic rings. The van der Waals surface area contributed by atoms with Gasteiger partial charge in [0.25, 0.3) is 0 Å². The normalized spacial score (nSPS) is 13.8. The highest BCUT2D eigenvalue weighted by Crippen LogP contribution is 2.59. The Morgan fingerprint density at radius 3 is 1.07 bits per heavy atom. The lowest BCUT2D eigenvalue weighted by molar-refractivity contribution is 0.740. The van der Waals surface area contributed by atoms with Crippen molar-refractivity contribution in [1.82, 2.24) is 0 Å². The summed E-state index contributed by atoms with van der Waals surface area (Å²) in [5.74, 6) is 0. The van der Waals surface area contributed by atoms with E-state index in [0.717, 1.165) is 65.4 Å². The Labute approximate surface area is 353 Å². The van der Waals surface area contributed by atoms with Crippen LogP contribution in [-0.4, -0.2) is 6.21 Å². The molecule has 0 saturated heterocycles. The Morgan fingerprint density at radius 1 is 0.383 bits per heavy atom. The Balaban J connectivity index is 1.20. The molecular weight excluding hydrogens is 727 g/mol. The van der Waals surface area contributed by atoms with Crippen LogP contribution in [0.15, 0.2) is 170 Å². The van der Waals surface area contributed by atoms with Gasteiger partial charge in [0, 0.05) is 40.3 Å². The van der Waals surface area contributed by atoms with Gasteiger partial charge in [-0.2, -0.15) is 0 Å². The van der Waals surface area contributed by atoms with Crippen molar-refractivity contribution in [3.63, 3.8) is 0 Å². The van der Waals surface area contributed by atoms with E-state index in [2.05, 4.69) is 188 Å². The highest BCUT2D eigenvalue weighted by molar-refractivity contribution is 5.92. The van der Waals surface area contributed by atoms with Crippen LogP contribution in [0.25, 0.3) is 11.1 Å². The summed E-state index contributed by atoms with van der Waals surface area (Å²) in [5.41, 5.74) is 24.4. The van der Waals surface area contributed by atoms with Gasteiger partial charge in [0.2, 0.25) is 0 Å². The van der Waals surface area contributed by atoms with E-state index in [9.17, 15) is 0 Å². The molecule has 8 aromatic carbocycles. The predicted molar refractivity (Wildman–Crippen MR) is 250 cm³/mol. The lowest BCUT2D eigenvalue weighted by Gasteiger charge is -2.38. The van der Waals surface area contributed by atoms with Crippen LogP contribution in [0.5, 0.6) is 0 Å². The van der Waals surface area contributed by atoms with E-state index in [4.69, 9.17) is 5.41 Å². The van der Waals surface area contributed by atoms with Gasteiger partial charge >= 0.3 is 0 Å². The van der Waals surface area contributed by atoms with Crippen molar-refractivity contribution >= 4 is 40.3 Å². The van der Waals surface area contributed by atoms with Crippen molar-refractivity contribution in [3.05, 3.63) is 237 Å². The predicted octanol–water partition coefficient (Wildman–Crippen LogP) is 14.1. The third kappa shape index (κ3) is 5.75. The summed E-state index contributed by atoms with van der Waals surface area (Å²) in [6.45, 7) is 6.45. The Bertz CT molecular complexity index is 2860. The lowest BCUT2D eigenvalue weighted by atomic mass is 9.65. The largest absolute Gasteiger partial charge is 0.310 e. The third-order valence-electron chi connectivity index (χ3n) is 13.4. The van der Waals surface area contributed by atoms with Crippen LogP contribution < -0.4 is 9.80 Å². The molecule has 0 saturated carbocycles. The monoisotopic (exact) mass is 773 g/mol. The number of anilines is 6. The first-order valence-corrected chi connectivity index (χ1v) is 21.3. The first-order valence-electron chi connectivity index (χ1n) is 21.3. The molecule has 290 valence electrons. The first-order chi connectivity index (χ1) is 29.4. The van der Waals surface area contributed by atoms with Crippen LogP contribution in [0.1, 0.15) is 66.8 Å². The fourth-order valence-electron chi connectivity index (χ4n) is 9.92. The number of aryl methyl sites for hydroxylation is 7. The number of hydrogen-bond acceptors (Lipinski definition) is 3. The van der Waals surface area contributed by atoms with E-state index in [0.29, 0.717) is 0 Å². The molecule has 3 aliphatic rings. The minimum absolute atomic E-state index is 0.582. The van der Waals surface area contributed by atoms with E-state index in [1.54, 1.807) is 0 Å². The highest BCUT2D eigenvalue weighted by atomic mass is 15.1. The number of rotatable bonds is 9. The molecule has 0 fully saturated rings. The van der Waals surface area contributed by atoms with E-state index < -0.39 is 5.41 Å². The summed E-state index contributed by atoms with van der Waals surface area (Å²) < 4.78 is 0. The van der Waals surface area contributed by atoms with Gasteiger partial charge in [-0.05, 0) is 180 Å². The first kappa shape index (κ1) is 36.1. The maximum absolute atomic E-state index is 7.91. The molecule has 0 aliphatic heterocycles. The average Bonchev–Trinajstić information content (AvgIpc) is 3.54. The standard InChI is InChI=1S/C57H47N3/c1-37-4-20-47(21-5-37)59(48-22-6-38(2)7-23-48)51-28-30-53-54-31-29-52(60(49-24-8-39(3)9-25-49)50-26-10-40(36-58)11-27-50)35-56(54)57(55(53)34-51,45-18-16-41-12-14-43(41)32-45)46-19-17-42-13-15-44(42)33-46/h4-11,16-36,58H,12-15H2,1-3H3. The van der Waals surface area contributed by atoms with E-state index in [1.807, 2.05) is 12.1 Å². The fourth-order valence-corrected chi connectivity index (χ4v) is 9.92. The van der Waals surface area contributed by atoms with E-state index in [1.165, 1.54) is 78.5 Å². The molecule has 0 spiro atoms. The molecule has 0 unspecified atom stereocenters.